The lowest BCUT2D eigenvalue weighted by Crippen LogP contribution is -2.42. The Labute approximate surface area is 144 Å². The van der Waals surface area contributed by atoms with Crippen LogP contribution in [0.2, 0.25) is 0 Å². The van der Waals surface area contributed by atoms with Gasteiger partial charge in [0.25, 0.3) is 5.91 Å². The Kier molecular flexibility index (Phi) is 5.63. The van der Waals surface area contributed by atoms with Crippen molar-refractivity contribution in [3.05, 3.63) is 53.1 Å². The van der Waals surface area contributed by atoms with Gasteiger partial charge in [0.15, 0.2) is 0 Å². The van der Waals surface area contributed by atoms with Crippen LogP contribution in [0.15, 0.2) is 30.5 Å². The zero-order valence-corrected chi connectivity index (χ0v) is 14.2. The monoisotopic (exact) mass is 346 g/mol. The highest BCUT2D eigenvalue weighted by molar-refractivity contribution is 5.97. The predicted octanol–water partition coefficient (Wildman–Crippen LogP) is 1.42. The van der Waals surface area contributed by atoms with Gasteiger partial charge in [-0.25, -0.2) is 19.2 Å². The molecule has 0 fully saturated rings. The van der Waals surface area contributed by atoms with E-state index in [2.05, 4.69) is 15.3 Å². The Bertz CT molecular complexity index is 778. The van der Waals surface area contributed by atoms with Crippen LogP contribution < -0.4 is 10.2 Å². The van der Waals surface area contributed by atoms with Crippen molar-refractivity contribution < 1.29 is 19.1 Å². The smallest absolute Gasteiger partial charge is 0.326 e. The summed E-state index contributed by atoms with van der Waals surface area (Å²) >= 11 is 0. The third kappa shape index (κ3) is 4.72. The standard InChI is InChI=1S/C17H19FN4O3/c1-10-13(9-19-17(20-10)22(2)3)15(23)21-14(16(24)25)8-11-4-6-12(18)7-5-11/h4-7,9,14H,8H2,1-3H3,(H,21,23)(H,24,25)/t14-/m0/s1. The number of carboxylic acids is 1. The fourth-order valence-corrected chi connectivity index (χ4v) is 2.19. The number of rotatable bonds is 6. The molecule has 0 aliphatic heterocycles. The number of nitrogens with zero attached hydrogens (tertiary/aromatic N) is 3. The van der Waals surface area contributed by atoms with Crippen molar-refractivity contribution in [3.8, 4) is 0 Å². The third-order valence-electron chi connectivity index (χ3n) is 3.57. The molecule has 1 aromatic carbocycles. The molecule has 0 aliphatic rings. The molecule has 7 nitrogen and oxygen atoms in total. The van der Waals surface area contributed by atoms with Gasteiger partial charge in [0, 0.05) is 26.7 Å². The summed E-state index contributed by atoms with van der Waals surface area (Å²) < 4.78 is 12.9. The van der Waals surface area contributed by atoms with Crippen LogP contribution in [0.5, 0.6) is 0 Å². The van der Waals surface area contributed by atoms with Gasteiger partial charge in [0.1, 0.15) is 11.9 Å². The van der Waals surface area contributed by atoms with Gasteiger partial charge in [-0.3, -0.25) is 4.79 Å². The van der Waals surface area contributed by atoms with E-state index in [-0.39, 0.29) is 12.0 Å². The molecule has 1 amide bonds. The van der Waals surface area contributed by atoms with Gasteiger partial charge in [0.2, 0.25) is 5.95 Å². The van der Waals surface area contributed by atoms with Gasteiger partial charge in [-0.1, -0.05) is 12.1 Å². The summed E-state index contributed by atoms with van der Waals surface area (Å²) in [6.07, 6.45) is 1.40. The summed E-state index contributed by atoms with van der Waals surface area (Å²) in [6, 6.07) is 4.31. The Balaban J connectivity index is 2.15. The van der Waals surface area contributed by atoms with E-state index >= 15 is 0 Å². The fourth-order valence-electron chi connectivity index (χ4n) is 2.19. The van der Waals surface area contributed by atoms with Crippen LogP contribution >= 0.6 is 0 Å². The zero-order valence-electron chi connectivity index (χ0n) is 14.2. The van der Waals surface area contributed by atoms with Crippen molar-refractivity contribution in [2.24, 2.45) is 0 Å². The first-order valence-corrected chi connectivity index (χ1v) is 7.57. The molecule has 25 heavy (non-hydrogen) atoms. The molecular formula is C17H19FN4O3. The van der Waals surface area contributed by atoms with Crippen LogP contribution in [0.1, 0.15) is 21.6 Å². The van der Waals surface area contributed by atoms with Crippen molar-refractivity contribution in [2.45, 2.75) is 19.4 Å². The molecule has 2 N–H and O–H groups in total. The van der Waals surface area contributed by atoms with E-state index in [4.69, 9.17) is 0 Å². The van der Waals surface area contributed by atoms with Crippen LogP contribution in [0, 0.1) is 12.7 Å². The number of carbonyl (C=O) groups is 2. The van der Waals surface area contributed by atoms with Gasteiger partial charge >= 0.3 is 5.97 Å². The number of aromatic nitrogens is 2. The van der Waals surface area contributed by atoms with E-state index in [0.717, 1.165) is 0 Å². The maximum absolute atomic E-state index is 12.9. The number of hydrogen-bond donors (Lipinski definition) is 2. The lowest BCUT2D eigenvalue weighted by Gasteiger charge is -2.16. The molecule has 1 atom stereocenters. The highest BCUT2D eigenvalue weighted by Crippen LogP contribution is 2.11. The number of carbonyl (C=O) groups excluding carboxylic acids is 1. The Morgan fingerprint density at radius 2 is 1.92 bits per heavy atom. The number of carboxylic acid groups (broad SMARTS) is 1. The quantitative estimate of drug-likeness (QED) is 0.821. The summed E-state index contributed by atoms with van der Waals surface area (Å²) in [6.45, 7) is 1.65. The normalized spacial score (nSPS) is 11.7. The van der Waals surface area contributed by atoms with E-state index in [1.807, 2.05) is 0 Å². The fraction of sp³-hybridized carbons (Fsp3) is 0.294. The van der Waals surface area contributed by atoms with Gasteiger partial charge in [0.05, 0.1) is 11.3 Å². The number of aryl methyl sites for hydroxylation is 1. The molecule has 0 saturated heterocycles. The molecule has 0 unspecified atom stereocenters. The molecule has 0 bridgehead atoms. The number of amides is 1. The molecule has 0 aliphatic carbocycles. The summed E-state index contributed by atoms with van der Waals surface area (Å²) in [5.41, 5.74) is 1.25. The van der Waals surface area contributed by atoms with Crippen LogP contribution in [-0.4, -0.2) is 47.1 Å². The molecule has 1 heterocycles. The minimum absolute atomic E-state index is 0.0387. The summed E-state index contributed by atoms with van der Waals surface area (Å²) in [5.74, 6) is -1.71. The van der Waals surface area contributed by atoms with Crippen molar-refractivity contribution in [1.82, 2.24) is 15.3 Å². The van der Waals surface area contributed by atoms with Gasteiger partial charge in [-0.2, -0.15) is 0 Å². The van der Waals surface area contributed by atoms with E-state index < -0.39 is 23.7 Å². The predicted molar refractivity (Wildman–Crippen MR) is 90.1 cm³/mol. The summed E-state index contributed by atoms with van der Waals surface area (Å²) in [7, 11) is 3.55. The minimum Gasteiger partial charge on any atom is -0.480 e. The van der Waals surface area contributed by atoms with Crippen LogP contribution in [0.4, 0.5) is 10.3 Å². The van der Waals surface area contributed by atoms with Gasteiger partial charge in [-0.05, 0) is 24.6 Å². The SMILES string of the molecule is Cc1nc(N(C)C)ncc1C(=O)N[C@@H](Cc1ccc(F)cc1)C(=O)O. The Morgan fingerprint density at radius 1 is 1.28 bits per heavy atom. The molecule has 2 rings (SSSR count). The van der Waals surface area contributed by atoms with Crippen molar-refractivity contribution in [2.75, 3.05) is 19.0 Å². The topological polar surface area (TPSA) is 95.4 Å². The second kappa shape index (κ2) is 7.69. The second-order valence-corrected chi connectivity index (χ2v) is 5.76. The highest BCUT2D eigenvalue weighted by atomic mass is 19.1. The molecule has 0 saturated carbocycles. The van der Waals surface area contributed by atoms with Crippen LogP contribution in [-0.2, 0) is 11.2 Å². The molecule has 1 aromatic heterocycles. The second-order valence-electron chi connectivity index (χ2n) is 5.76. The van der Waals surface area contributed by atoms with Crippen molar-refractivity contribution >= 4 is 17.8 Å². The molecule has 132 valence electrons. The molecule has 0 radical (unpaired) electrons. The largest absolute Gasteiger partial charge is 0.480 e. The van der Waals surface area contributed by atoms with Crippen LogP contribution in [0.3, 0.4) is 0 Å². The van der Waals surface area contributed by atoms with E-state index in [0.29, 0.717) is 17.2 Å². The molecule has 0 spiro atoms. The Hall–Kier alpha value is -3.03. The average molecular weight is 346 g/mol. The van der Waals surface area contributed by atoms with E-state index in [1.54, 1.807) is 25.9 Å². The van der Waals surface area contributed by atoms with Crippen LogP contribution in [0.25, 0.3) is 0 Å². The summed E-state index contributed by atoms with van der Waals surface area (Å²) in [5, 5.41) is 11.8. The maximum Gasteiger partial charge on any atom is 0.326 e. The van der Waals surface area contributed by atoms with Gasteiger partial charge in [-0.15, -0.1) is 0 Å². The first-order valence-electron chi connectivity index (χ1n) is 7.57. The first-order chi connectivity index (χ1) is 11.8. The number of benzene rings is 1. The van der Waals surface area contributed by atoms with Crippen molar-refractivity contribution in [1.29, 1.82) is 0 Å². The Morgan fingerprint density at radius 3 is 2.44 bits per heavy atom. The van der Waals surface area contributed by atoms with E-state index in [9.17, 15) is 19.1 Å². The average Bonchev–Trinajstić information content (AvgIpc) is 2.55. The number of nitrogens with one attached hydrogen (secondary N) is 1. The number of anilines is 1. The zero-order chi connectivity index (χ0) is 18.6. The molecule has 8 heteroatoms. The van der Waals surface area contributed by atoms with Gasteiger partial charge < -0.3 is 15.3 Å². The first kappa shape index (κ1) is 18.3. The lowest BCUT2D eigenvalue weighted by atomic mass is 10.1. The lowest BCUT2D eigenvalue weighted by molar-refractivity contribution is -0.139. The minimum atomic E-state index is -1.18. The van der Waals surface area contributed by atoms with E-state index in [1.165, 1.54) is 30.5 Å². The summed E-state index contributed by atoms with van der Waals surface area (Å²) in [4.78, 5) is 33.8. The maximum atomic E-state index is 12.9. The number of hydrogen-bond acceptors (Lipinski definition) is 5. The number of halogens is 1. The molecular weight excluding hydrogens is 327 g/mol. The third-order valence-corrected chi connectivity index (χ3v) is 3.57. The highest BCUT2D eigenvalue weighted by Gasteiger charge is 2.23. The van der Waals surface area contributed by atoms with Crippen molar-refractivity contribution in [3.63, 3.8) is 0 Å². The molecule has 2 aromatic rings. The number of aliphatic carboxylic acids is 1.